The number of amides is 1. The third-order valence-corrected chi connectivity index (χ3v) is 5.67. The zero-order valence-corrected chi connectivity index (χ0v) is 15.4. The van der Waals surface area contributed by atoms with Crippen molar-refractivity contribution in [2.24, 2.45) is 5.73 Å². The van der Waals surface area contributed by atoms with Crippen molar-refractivity contribution in [3.63, 3.8) is 0 Å². The molecule has 0 aliphatic carbocycles. The van der Waals surface area contributed by atoms with E-state index >= 15 is 0 Å². The minimum absolute atomic E-state index is 0.0241. The standard InChI is InChI=1S/C18H16BrFN4O2/c19-16-15(9-1-2-10(8-21)14(20)5-9)23-17(26-16)18(25)24-12-3-4-13(24)7-11(22)6-12/h1-2,5,11-13H,3-4,6-7,22H2. The van der Waals surface area contributed by atoms with Crippen molar-refractivity contribution in [3.8, 4) is 17.3 Å². The largest absolute Gasteiger partial charge is 0.425 e. The average Bonchev–Trinajstić information content (AvgIpc) is 3.12. The molecule has 1 aromatic heterocycles. The molecule has 0 saturated carbocycles. The van der Waals surface area contributed by atoms with Crippen LogP contribution in [-0.4, -0.2) is 33.9 Å². The third-order valence-electron chi connectivity index (χ3n) is 5.14. The van der Waals surface area contributed by atoms with Crippen molar-refractivity contribution < 1.29 is 13.6 Å². The Hall–Kier alpha value is -2.24. The molecule has 2 N–H and O–H groups in total. The fourth-order valence-electron chi connectivity index (χ4n) is 3.99. The highest BCUT2D eigenvalue weighted by Gasteiger charge is 2.44. The smallest absolute Gasteiger partial charge is 0.310 e. The van der Waals surface area contributed by atoms with Crippen LogP contribution < -0.4 is 5.73 Å². The van der Waals surface area contributed by atoms with Crippen LogP contribution in [0.2, 0.25) is 0 Å². The summed E-state index contributed by atoms with van der Waals surface area (Å²) in [6, 6.07) is 6.30. The van der Waals surface area contributed by atoms with Gasteiger partial charge in [0.2, 0.25) is 0 Å². The molecule has 2 aliphatic rings. The molecule has 2 aliphatic heterocycles. The lowest BCUT2D eigenvalue weighted by molar-refractivity contribution is 0.0533. The molecule has 8 heteroatoms. The number of piperidine rings is 1. The van der Waals surface area contributed by atoms with Crippen LogP contribution in [0, 0.1) is 17.1 Å². The predicted molar refractivity (Wildman–Crippen MR) is 94.5 cm³/mol. The number of nitriles is 1. The summed E-state index contributed by atoms with van der Waals surface area (Å²) < 4.78 is 19.7. The van der Waals surface area contributed by atoms with Gasteiger partial charge in [-0.3, -0.25) is 4.79 Å². The van der Waals surface area contributed by atoms with Crippen molar-refractivity contribution in [1.29, 1.82) is 5.26 Å². The maximum atomic E-state index is 13.9. The highest BCUT2D eigenvalue weighted by atomic mass is 79.9. The van der Waals surface area contributed by atoms with Crippen LogP contribution >= 0.6 is 15.9 Å². The summed E-state index contributed by atoms with van der Waals surface area (Å²) in [4.78, 5) is 19.0. The Labute approximate surface area is 157 Å². The van der Waals surface area contributed by atoms with E-state index in [4.69, 9.17) is 15.4 Å². The van der Waals surface area contributed by atoms with Crippen LogP contribution in [0.15, 0.2) is 27.3 Å². The molecule has 134 valence electrons. The molecule has 1 aromatic carbocycles. The number of hydrogen-bond acceptors (Lipinski definition) is 5. The number of carbonyl (C=O) groups is 1. The number of fused-ring (bicyclic) bond motifs is 2. The summed E-state index contributed by atoms with van der Waals surface area (Å²) in [5.41, 5.74) is 6.77. The Morgan fingerprint density at radius 1 is 1.38 bits per heavy atom. The molecule has 0 radical (unpaired) electrons. The van der Waals surface area contributed by atoms with Gasteiger partial charge >= 0.3 is 5.91 Å². The first-order valence-electron chi connectivity index (χ1n) is 8.42. The molecule has 2 saturated heterocycles. The highest BCUT2D eigenvalue weighted by Crippen LogP contribution is 2.37. The summed E-state index contributed by atoms with van der Waals surface area (Å²) in [6.45, 7) is 0. The van der Waals surface area contributed by atoms with Gasteiger partial charge in [0.15, 0.2) is 4.67 Å². The second-order valence-corrected chi connectivity index (χ2v) is 7.50. The van der Waals surface area contributed by atoms with Gasteiger partial charge < -0.3 is 15.1 Å². The molecular weight excluding hydrogens is 403 g/mol. The van der Waals surface area contributed by atoms with Gasteiger partial charge in [0, 0.05) is 23.7 Å². The van der Waals surface area contributed by atoms with Gasteiger partial charge in [-0.1, -0.05) is 6.07 Å². The zero-order chi connectivity index (χ0) is 18.4. The molecule has 2 aromatic rings. The Morgan fingerprint density at radius 3 is 2.69 bits per heavy atom. The molecule has 2 fully saturated rings. The third kappa shape index (κ3) is 2.81. The maximum absolute atomic E-state index is 13.9. The lowest BCUT2D eigenvalue weighted by Crippen LogP contribution is -2.50. The molecule has 4 rings (SSSR count). The van der Waals surface area contributed by atoms with Crippen LogP contribution in [0.5, 0.6) is 0 Å². The first-order valence-corrected chi connectivity index (χ1v) is 9.22. The Kier molecular flexibility index (Phi) is 4.29. The predicted octanol–water partition coefficient (Wildman–Crippen LogP) is 3.21. The summed E-state index contributed by atoms with van der Waals surface area (Å²) >= 11 is 3.25. The molecule has 26 heavy (non-hydrogen) atoms. The first-order chi connectivity index (χ1) is 12.5. The second-order valence-electron chi connectivity index (χ2n) is 6.78. The molecule has 2 unspecified atom stereocenters. The van der Waals surface area contributed by atoms with E-state index < -0.39 is 5.82 Å². The van der Waals surface area contributed by atoms with Gasteiger partial charge in [-0.15, -0.1) is 0 Å². The van der Waals surface area contributed by atoms with Crippen molar-refractivity contribution in [3.05, 3.63) is 40.1 Å². The number of aromatic nitrogens is 1. The van der Waals surface area contributed by atoms with Crippen molar-refractivity contribution in [1.82, 2.24) is 9.88 Å². The maximum Gasteiger partial charge on any atom is 0.310 e. The second kappa shape index (κ2) is 6.49. The Balaban J connectivity index is 1.64. The van der Waals surface area contributed by atoms with Gasteiger partial charge in [0.1, 0.15) is 17.6 Å². The lowest BCUT2D eigenvalue weighted by atomic mass is 9.98. The molecule has 2 atom stereocenters. The monoisotopic (exact) mass is 418 g/mol. The van der Waals surface area contributed by atoms with Crippen LogP contribution in [-0.2, 0) is 0 Å². The fourth-order valence-corrected chi connectivity index (χ4v) is 4.46. The van der Waals surface area contributed by atoms with Gasteiger partial charge in [-0.25, -0.2) is 9.37 Å². The first kappa shape index (κ1) is 17.2. The Morgan fingerprint density at radius 2 is 2.08 bits per heavy atom. The minimum Gasteiger partial charge on any atom is -0.425 e. The van der Waals surface area contributed by atoms with E-state index in [1.807, 2.05) is 4.90 Å². The van der Waals surface area contributed by atoms with E-state index in [1.54, 1.807) is 12.1 Å². The summed E-state index contributed by atoms with van der Waals surface area (Å²) in [5.74, 6) is -0.926. The van der Waals surface area contributed by atoms with Gasteiger partial charge in [-0.05, 0) is 53.7 Å². The lowest BCUT2D eigenvalue weighted by Gasteiger charge is -2.36. The molecule has 1 amide bonds. The van der Waals surface area contributed by atoms with Crippen molar-refractivity contribution in [2.75, 3.05) is 0 Å². The number of benzene rings is 1. The number of nitrogens with zero attached hydrogens (tertiary/aromatic N) is 3. The number of nitrogens with two attached hydrogens (primary N) is 1. The van der Waals surface area contributed by atoms with E-state index in [0.29, 0.717) is 11.3 Å². The Bertz CT molecular complexity index is 908. The number of carbonyl (C=O) groups excluding carboxylic acids is 1. The minimum atomic E-state index is -0.643. The van der Waals surface area contributed by atoms with Crippen LogP contribution in [0.25, 0.3) is 11.3 Å². The molecule has 3 heterocycles. The number of halogens is 2. The highest BCUT2D eigenvalue weighted by molar-refractivity contribution is 9.10. The van der Waals surface area contributed by atoms with E-state index in [2.05, 4.69) is 20.9 Å². The van der Waals surface area contributed by atoms with E-state index in [9.17, 15) is 9.18 Å². The SMILES string of the molecule is N#Cc1ccc(-c2nc(C(=O)N3C4CCC3CC(N)C4)oc2Br)cc1F. The quantitative estimate of drug-likeness (QED) is 0.807. The molecule has 0 spiro atoms. The molecule has 2 bridgehead atoms. The summed E-state index contributed by atoms with van der Waals surface area (Å²) in [5, 5.41) is 8.84. The van der Waals surface area contributed by atoms with Gasteiger partial charge in [-0.2, -0.15) is 5.26 Å². The topological polar surface area (TPSA) is 96.2 Å². The number of hydrogen-bond donors (Lipinski definition) is 1. The number of rotatable bonds is 2. The van der Waals surface area contributed by atoms with Crippen molar-refractivity contribution >= 4 is 21.8 Å². The summed E-state index contributed by atoms with van der Waals surface area (Å²) in [7, 11) is 0. The fraction of sp³-hybridized carbons (Fsp3) is 0.389. The van der Waals surface area contributed by atoms with Crippen molar-refractivity contribution in [2.45, 2.75) is 43.8 Å². The normalized spacial score (nSPS) is 24.5. The van der Waals surface area contributed by atoms with Gasteiger partial charge in [0.05, 0.1) is 5.56 Å². The average molecular weight is 419 g/mol. The van der Waals surface area contributed by atoms with Crippen LogP contribution in [0.3, 0.4) is 0 Å². The van der Waals surface area contributed by atoms with E-state index in [0.717, 1.165) is 25.7 Å². The van der Waals surface area contributed by atoms with Gasteiger partial charge in [0.25, 0.3) is 5.89 Å². The van der Waals surface area contributed by atoms with Crippen LogP contribution in [0.1, 0.15) is 41.9 Å². The summed E-state index contributed by atoms with van der Waals surface area (Å²) in [6.07, 6.45) is 3.47. The zero-order valence-electron chi connectivity index (χ0n) is 13.8. The van der Waals surface area contributed by atoms with E-state index in [-0.39, 0.29) is 40.2 Å². The van der Waals surface area contributed by atoms with Crippen LogP contribution in [0.4, 0.5) is 4.39 Å². The number of oxazole rings is 1. The van der Waals surface area contributed by atoms with E-state index in [1.165, 1.54) is 12.1 Å². The molecular formula is C18H16BrFN4O2. The molecule has 6 nitrogen and oxygen atoms in total.